The van der Waals surface area contributed by atoms with Crippen LogP contribution in [0.4, 0.5) is 18.9 Å². The third kappa shape index (κ3) is 6.12. The van der Waals surface area contributed by atoms with Crippen LogP contribution in [0.25, 0.3) is 0 Å². The minimum Gasteiger partial charge on any atom is -0.326 e. The van der Waals surface area contributed by atoms with Crippen LogP contribution in [0.15, 0.2) is 48.5 Å². The van der Waals surface area contributed by atoms with Gasteiger partial charge in [0.05, 0.1) is 16.0 Å². The second-order valence-electron chi connectivity index (χ2n) is 9.16. The second-order valence-corrected chi connectivity index (χ2v) is 11.4. The van der Waals surface area contributed by atoms with Crippen molar-refractivity contribution in [3.8, 4) is 0 Å². The molecular weight excluding hydrogens is 597 g/mol. The van der Waals surface area contributed by atoms with E-state index in [0.717, 1.165) is 18.2 Å². The van der Waals surface area contributed by atoms with E-state index in [-0.39, 0.29) is 39.1 Å². The highest BCUT2D eigenvalue weighted by atomic mass is 35.5. The average Bonchev–Trinajstić information content (AvgIpc) is 3.47. The van der Waals surface area contributed by atoms with E-state index in [4.69, 9.17) is 46.4 Å². The van der Waals surface area contributed by atoms with E-state index in [9.17, 15) is 27.6 Å². The summed E-state index contributed by atoms with van der Waals surface area (Å²) >= 11 is 24.8. The molecule has 1 N–H and O–H groups in total. The molecule has 0 saturated heterocycles. The number of hydrogen-bond donors (Lipinski definition) is 1. The minimum absolute atomic E-state index is 0.00921. The predicted octanol–water partition coefficient (Wildman–Crippen LogP) is 7.88. The SMILES string of the molecule is CCC(=O)Cc1c(F)ccc(CC(=O)c2cc(NC(=O)[C@H]3[C@H](c4ccc(F)c(Cl)c4)C3(Cl)Cl)ccc2Cl)c1F. The molecule has 0 unspecified atom stereocenters. The van der Waals surface area contributed by atoms with Crippen LogP contribution in [0.3, 0.4) is 0 Å². The Labute approximate surface area is 242 Å². The maximum Gasteiger partial charge on any atom is 0.231 e. The molecule has 1 aliphatic carbocycles. The first-order valence-corrected chi connectivity index (χ1v) is 13.3. The van der Waals surface area contributed by atoms with Gasteiger partial charge in [-0.25, -0.2) is 13.2 Å². The molecule has 1 amide bonds. The summed E-state index contributed by atoms with van der Waals surface area (Å²) in [5.41, 5.74) is 0.184. The maximum atomic E-state index is 15.0. The van der Waals surface area contributed by atoms with Gasteiger partial charge in [0.15, 0.2) is 5.78 Å². The van der Waals surface area contributed by atoms with E-state index in [2.05, 4.69) is 5.32 Å². The molecule has 1 aliphatic rings. The van der Waals surface area contributed by atoms with Crippen LogP contribution in [0.2, 0.25) is 10.0 Å². The second kappa shape index (κ2) is 11.5. The van der Waals surface area contributed by atoms with Crippen LogP contribution in [-0.2, 0) is 22.4 Å². The van der Waals surface area contributed by atoms with Crippen molar-refractivity contribution in [2.24, 2.45) is 5.92 Å². The molecule has 0 bridgehead atoms. The van der Waals surface area contributed by atoms with Crippen molar-refractivity contribution in [1.29, 1.82) is 0 Å². The third-order valence-corrected chi connectivity index (χ3v) is 8.12. The van der Waals surface area contributed by atoms with Crippen molar-refractivity contribution in [2.45, 2.75) is 36.4 Å². The number of benzene rings is 3. The first-order chi connectivity index (χ1) is 18.3. The van der Waals surface area contributed by atoms with Gasteiger partial charge in [0.2, 0.25) is 5.91 Å². The summed E-state index contributed by atoms with van der Waals surface area (Å²) in [6.45, 7) is 1.58. The normalized spacial score (nSPS) is 17.5. The summed E-state index contributed by atoms with van der Waals surface area (Å²) in [5.74, 6) is -5.50. The highest BCUT2D eigenvalue weighted by Gasteiger charge is 2.67. The van der Waals surface area contributed by atoms with E-state index in [1.54, 1.807) is 6.92 Å². The zero-order valence-corrected chi connectivity index (χ0v) is 23.3. The Bertz CT molecular complexity index is 1500. The Morgan fingerprint density at radius 2 is 1.59 bits per heavy atom. The van der Waals surface area contributed by atoms with Crippen LogP contribution in [0, 0.1) is 23.4 Å². The molecule has 39 heavy (non-hydrogen) atoms. The summed E-state index contributed by atoms with van der Waals surface area (Å²) in [7, 11) is 0. The highest BCUT2D eigenvalue weighted by Crippen LogP contribution is 2.65. The number of ketones is 2. The number of carbonyl (C=O) groups is 3. The van der Waals surface area contributed by atoms with Crippen molar-refractivity contribution in [2.75, 3.05) is 5.32 Å². The number of nitrogens with one attached hydrogen (secondary N) is 1. The van der Waals surface area contributed by atoms with Gasteiger partial charge in [0, 0.05) is 42.0 Å². The number of halogens is 7. The fourth-order valence-corrected chi connectivity index (χ4v) is 5.59. The van der Waals surface area contributed by atoms with Gasteiger partial charge in [-0.3, -0.25) is 14.4 Å². The van der Waals surface area contributed by atoms with Crippen LogP contribution in [0.5, 0.6) is 0 Å². The lowest BCUT2D eigenvalue weighted by molar-refractivity contribution is -0.118. The number of rotatable bonds is 9. The van der Waals surface area contributed by atoms with Gasteiger partial charge >= 0.3 is 0 Å². The zero-order chi connectivity index (χ0) is 28.6. The van der Waals surface area contributed by atoms with Crippen molar-refractivity contribution in [3.05, 3.63) is 98.3 Å². The summed E-state index contributed by atoms with van der Waals surface area (Å²) < 4.78 is 41.2. The summed E-state index contributed by atoms with van der Waals surface area (Å²) in [5, 5.41) is 2.56. The molecule has 4 nitrogen and oxygen atoms in total. The van der Waals surface area contributed by atoms with Gasteiger partial charge < -0.3 is 5.32 Å². The fraction of sp³-hybridized carbons (Fsp3) is 0.250. The van der Waals surface area contributed by atoms with Crippen LogP contribution in [-0.4, -0.2) is 21.8 Å². The van der Waals surface area contributed by atoms with Crippen LogP contribution < -0.4 is 5.32 Å². The fourth-order valence-electron chi connectivity index (χ4n) is 4.35. The quantitative estimate of drug-likeness (QED) is 0.196. The molecule has 0 spiro atoms. The molecule has 0 heterocycles. The lowest BCUT2D eigenvalue weighted by atomic mass is 9.97. The van der Waals surface area contributed by atoms with Crippen molar-refractivity contribution in [3.63, 3.8) is 0 Å². The average molecular weight is 617 g/mol. The third-order valence-electron chi connectivity index (χ3n) is 6.56. The number of amides is 1. The summed E-state index contributed by atoms with van der Waals surface area (Å²) in [4.78, 5) is 37.8. The Morgan fingerprint density at radius 1 is 0.897 bits per heavy atom. The van der Waals surface area contributed by atoms with Gasteiger partial charge in [-0.2, -0.15) is 0 Å². The number of Topliss-reactive ketones (excluding diaryl/α,β-unsaturated/α-hetero) is 2. The number of anilines is 1. The van der Waals surface area contributed by atoms with Gasteiger partial charge in [-0.1, -0.05) is 42.3 Å². The Morgan fingerprint density at radius 3 is 2.26 bits per heavy atom. The topological polar surface area (TPSA) is 63.2 Å². The molecule has 204 valence electrons. The van der Waals surface area contributed by atoms with Gasteiger partial charge in [0.1, 0.15) is 27.6 Å². The molecule has 3 aromatic rings. The van der Waals surface area contributed by atoms with Gasteiger partial charge in [-0.15, -0.1) is 23.2 Å². The number of carbonyl (C=O) groups excluding carboxylic acids is 3. The maximum absolute atomic E-state index is 15.0. The monoisotopic (exact) mass is 615 g/mol. The molecule has 0 aromatic heterocycles. The molecule has 3 aromatic carbocycles. The Hall–Kier alpha value is -2.58. The standard InChI is InChI=1S/C28H20Cl4F3NO3/c1-2-16(37)12-18-21(33)7-4-14(26(18)35)10-23(38)17-11-15(5-6-19(17)29)36-27(39)25-24(28(25,31)32)13-3-8-22(34)20(30)9-13/h3-9,11,24-25H,2,10,12H2,1H3,(H,36,39)/t24-,25+/m0/s1. The van der Waals surface area contributed by atoms with Crippen molar-refractivity contribution in [1.82, 2.24) is 0 Å². The summed E-state index contributed by atoms with van der Waals surface area (Å²) in [6, 6.07) is 10.3. The van der Waals surface area contributed by atoms with Crippen LogP contribution in [0.1, 0.15) is 46.3 Å². The lowest BCUT2D eigenvalue weighted by Gasteiger charge is -2.11. The molecule has 11 heteroatoms. The van der Waals surface area contributed by atoms with Gasteiger partial charge in [0.25, 0.3) is 0 Å². The first kappa shape index (κ1) is 29.4. The first-order valence-electron chi connectivity index (χ1n) is 11.8. The van der Waals surface area contributed by atoms with E-state index in [1.165, 1.54) is 30.3 Å². The molecular formula is C28H20Cl4F3NO3. The molecule has 4 rings (SSSR count). The van der Waals surface area contributed by atoms with E-state index >= 15 is 0 Å². The Balaban J connectivity index is 1.52. The van der Waals surface area contributed by atoms with Crippen LogP contribution >= 0.6 is 46.4 Å². The summed E-state index contributed by atoms with van der Waals surface area (Å²) in [6.07, 6.45) is -0.767. The largest absolute Gasteiger partial charge is 0.326 e. The Kier molecular flexibility index (Phi) is 8.67. The lowest BCUT2D eigenvalue weighted by Crippen LogP contribution is -2.17. The van der Waals surface area contributed by atoms with Crippen molar-refractivity contribution >= 4 is 69.6 Å². The molecule has 1 fully saturated rings. The van der Waals surface area contributed by atoms with Gasteiger partial charge in [-0.05, 0) is 47.5 Å². The minimum atomic E-state index is -1.46. The zero-order valence-electron chi connectivity index (χ0n) is 20.3. The molecule has 1 saturated carbocycles. The predicted molar refractivity (Wildman–Crippen MR) is 146 cm³/mol. The van der Waals surface area contributed by atoms with E-state index in [1.807, 2.05) is 0 Å². The smallest absolute Gasteiger partial charge is 0.231 e. The molecule has 2 atom stereocenters. The van der Waals surface area contributed by atoms with Crippen molar-refractivity contribution < 1.29 is 27.6 Å². The number of hydrogen-bond acceptors (Lipinski definition) is 3. The number of alkyl halides is 2. The molecule has 0 aliphatic heterocycles. The van der Waals surface area contributed by atoms with E-state index < -0.39 is 63.7 Å². The van der Waals surface area contributed by atoms with E-state index in [0.29, 0.717) is 5.56 Å². The highest BCUT2D eigenvalue weighted by molar-refractivity contribution is 6.53. The molecule has 0 radical (unpaired) electrons.